The van der Waals surface area contributed by atoms with Crippen LogP contribution >= 0.6 is 0 Å². The molecule has 9 heteroatoms. The zero-order valence-corrected chi connectivity index (χ0v) is 17.4. The van der Waals surface area contributed by atoms with E-state index in [1.165, 1.54) is 11.0 Å². The van der Waals surface area contributed by atoms with Crippen LogP contribution in [0.2, 0.25) is 0 Å². The fourth-order valence-corrected chi connectivity index (χ4v) is 3.53. The molecule has 0 bridgehead atoms. The molecule has 0 saturated carbocycles. The summed E-state index contributed by atoms with van der Waals surface area (Å²) in [6.45, 7) is 3.00. The molecule has 32 heavy (non-hydrogen) atoms. The molecule has 1 aliphatic heterocycles. The minimum Gasteiger partial charge on any atom is -0.382 e. The Morgan fingerprint density at radius 3 is 2.78 bits per heavy atom. The number of amides is 2. The number of alkyl halides is 3. The summed E-state index contributed by atoms with van der Waals surface area (Å²) in [4.78, 5) is 23.3. The van der Waals surface area contributed by atoms with Crippen molar-refractivity contribution >= 4 is 23.2 Å². The summed E-state index contributed by atoms with van der Waals surface area (Å²) in [5.41, 5.74) is 2.05. The molecule has 4 rings (SSSR count). The first-order valence-corrected chi connectivity index (χ1v) is 10.2. The van der Waals surface area contributed by atoms with Crippen molar-refractivity contribution in [1.29, 1.82) is 0 Å². The third-order valence-electron chi connectivity index (χ3n) is 5.25. The maximum atomic E-state index is 13.2. The molecular formula is C23H22F3N5O. The molecular weight excluding hydrogens is 419 g/mol. The van der Waals surface area contributed by atoms with Gasteiger partial charge in [-0.15, -0.1) is 0 Å². The zero-order chi connectivity index (χ0) is 22.7. The monoisotopic (exact) mass is 441 g/mol. The third-order valence-corrected chi connectivity index (χ3v) is 5.25. The number of rotatable bonds is 2. The number of halogens is 3. The van der Waals surface area contributed by atoms with Crippen LogP contribution in [0.25, 0.3) is 11.3 Å². The van der Waals surface area contributed by atoms with Crippen LogP contribution in [0.15, 0.2) is 54.9 Å². The smallest absolute Gasteiger partial charge is 0.382 e. The van der Waals surface area contributed by atoms with Crippen molar-refractivity contribution in [1.82, 2.24) is 9.97 Å². The van der Waals surface area contributed by atoms with Crippen molar-refractivity contribution in [2.24, 2.45) is 0 Å². The Morgan fingerprint density at radius 2 is 2.00 bits per heavy atom. The Kier molecular flexibility index (Phi) is 5.98. The molecule has 0 saturated heterocycles. The Labute approximate surface area is 183 Å². The number of urea groups is 1. The quantitative estimate of drug-likeness (QED) is 0.534. The number of carbonyl (C=O) groups is 1. The number of hydrogen-bond donors (Lipinski definition) is 2. The van der Waals surface area contributed by atoms with E-state index in [-0.39, 0.29) is 6.03 Å². The molecule has 2 amide bonds. The van der Waals surface area contributed by atoms with Crippen LogP contribution < -0.4 is 15.5 Å². The molecule has 0 fully saturated rings. The maximum absolute atomic E-state index is 13.2. The Morgan fingerprint density at radius 1 is 1.16 bits per heavy atom. The molecule has 0 aliphatic carbocycles. The van der Waals surface area contributed by atoms with Crippen LogP contribution in [0.1, 0.15) is 24.0 Å². The van der Waals surface area contributed by atoms with Crippen molar-refractivity contribution in [3.05, 3.63) is 66.0 Å². The van der Waals surface area contributed by atoms with Crippen molar-refractivity contribution in [3.63, 3.8) is 0 Å². The highest BCUT2D eigenvalue weighted by Crippen LogP contribution is 2.34. The lowest BCUT2D eigenvalue weighted by molar-refractivity contribution is -0.137. The largest absolute Gasteiger partial charge is 0.416 e. The fraction of sp³-hybridized carbons (Fsp3) is 0.261. The average molecular weight is 441 g/mol. The van der Waals surface area contributed by atoms with Crippen molar-refractivity contribution in [2.45, 2.75) is 25.9 Å². The van der Waals surface area contributed by atoms with Crippen LogP contribution in [-0.4, -0.2) is 29.1 Å². The summed E-state index contributed by atoms with van der Waals surface area (Å²) in [6, 6.07) is 9.77. The van der Waals surface area contributed by atoms with Gasteiger partial charge in [0.2, 0.25) is 0 Å². The van der Waals surface area contributed by atoms with E-state index in [9.17, 15) is 18.0 Å². The van der Waals surface area contributed by atoms with Gasteiger partial charge in [0.05, 0.1) is 16.9 Å². The molecule has 166 valence electrons. The van der Waals surface area contributed by atoms with Gasteiger partial charge in [0.1, 0.15) is 0 Å². The number of aromatic nitrogens is 2. The molecule has 6 nitrogen and oxygen atoms in total. The average Bonchev–Trinajstić information content (AvgIpc) is 2.75. The number of carbonyl (C=O) groups excluding carboxylic acids is 1. The summed E-state index contributed by atoms with van der Waals surface area (Å²) >= 11 is 0. The minimum atomic E-state index is -4.45. The fourth-order valence-electron chi connectivity index (χ4n) is 3.53. The first kappa shape index (κ1) is 21.6. The Balaban J connectivity index is 1.71. The van der Waals surface area contributed by atoms with E-state index in [1.54, 1.807) is 36.7 Å². The highest BCUT2D eigenvalue weighted by molar-refractivity contribution is 6.03. The van der Waals surface area contributed by atoms with Gasteiger partial charge in [-0.2, -0.15) is 13.2 Å². The topological polar surface area (TPSA) is 70.2 Å². The lowest BCUT2D eigenvalue weighted by atomic mass is 10.1. The van der Waals surface area contributed by atoms with E-state index in [1.807, 2.05) is 6.92 Å². The normalized spacial score (nSPS) is 14.1. The van der Waals surface area contributed by atoms with Crippen molar-refractivity contribution in [2.75, 3.05) is 28.6 Å². The highest BCUT2D eigenvalue weighted by atomic mass is 19.4. The summed E-state index contributed by atoms with van der Waals surface area (Å²) in [5, 5.41) is 6.15. The molecule has 0 unspecified atom stereocenters. The number of benzene rings is 1. The van der Waals surface area contributed by atoms with Gasteiger partial charge in [-0.1, -0.05) is 12.1 Å². The minimum absolute atomic E-state index is 0.329. The predicted octanol–water partition coefficient (Wildman–Crippen LogP) is 5.72. The number of aryl methyl sites for hydroxylation is 1. The van der Waals surface area contributed by atoms with E-state index in [0.29, 0.717) is 35.0 Å². The molecule has 0 spiro atoms. The molecule has 3 aromatic rings. The second kappa shape index (κ2) is 8.86. The van der Waals surface area contributed by atoms with Crippen LogP contribution in [0.5, 0.6) is 0 Å². The standard InChI is InChI=1S/C23H22F3N5O/c1-15-14-27-11-9-18(15)30-22(32)31-12-3-2-10-28-20-8-7-19(29-21(20)31)16-5-4-6-17(13-16)23(24,25)26/h4-9,11,13-14,28H,2-3,10,12H2,1H3,(H,27,30,32). The number of nitrogens with zero attached hydrogens (tertiary/aromatic N) is 3. The molecule has 0 radical (unpaired) electrons. The molecule has 3 heterocycles. The molecule has 0 atom stereocenters. The van der Waals surface area contributed by atoms with Gasteiger partial charge in [-0.3, -0.25) is 9.88 Å². The van der Waals surface area contributed by atoms with Crippen molar-refractivity contribution < 1.29 is 18.0 Å². The predicted molar refractivity (Wildman–Crippen MR) is 118 cm³/mol. The number of anilines is 3. The van der Waals surface area contributed by atoms with E-state index >= 15 is 0 Å². The van der Waals surface area contributed by atoms with E-state index in [0.717, 1.165) is 37.1 Å². The maximum Gasteiger partial charge on any atom is 0.416 e. The van der Waals surface area contributed by atoms with Crippen LogP contribution in [-0.2, 0) is 6.18 Å². The summed E-state index contributed by atoms with van der Waals surface area (Å²) in [6.07, 6.45) is 0.422. The van der Waals surface area contributed by atoms with E-state index in [4.69, 9.17) is 0 Å². The van der Waals surface area contributed by atoms with Gasteiger partial charge in [0.25, 0.3) is 0 Å². The first-order chi connectivity index (χ1) is 15.3. The number of pyridine rings is 2. The Bertz CT molecular complexity index is 1130. The lowest BCUT2D eigenvalue weighted by Gasteiger charge is -2.27. The van der Waals surface area contributed by atoms with E-state index in [2.05, 4.69) is 20.6 Å². The summed E-state index contributed by atoms with van der Waals surface area (Å²) < 4.78 is 39.5. The highest BCUT2D eigenvalue weighted by Gasteiger charge is 2.31. The molecule has 1 aromatic carbocycles. The lowest BCUT2D eigenvalue weighted by Crippen LogP contribution is -2.38. The Hall–Kier alpha value is -3.62. The van der Waals surface area contributed by atoms with Gasteiger partial charge in [-0.25, -0.2) is 9.78 Å². The van der Waals surface area contributed by atoms with Crippen LogP contribution in [0.4, 0.5) is 35.2 Å². The van der Waals surface area contributed by atoms with Crippen molar-refractivity contribution in [3.8, 4) is 11.3 Å². The number of nitrogens with one attached hydrogen (secondary N) is 2. The number of fused-ring (bicyclic) bond motifs is 1. The number of hydrogen-bond acceptors (Lipinski definition) is 4. The second-order valence-electron chi connectivity index (χ2n) is 7.55. The molecule has 1 aliphatic rings. The molecule has 2 N–H and O–H groups in total. The summed E-state index contributed by atoms with van der Waals surface area (Å²) in [5.74, 6) is 0.379. The van der Waals surface area contributed by atoms with Gasteiger partial charge < -0.3 is 10.6 Å². The second-order valence-corrected chi connectivity index (χ2v) is 7.55. The van der Waals surface area contributed by atoms with Gasteiger partial charge >= 0.3 is 12.2 Å². The SMILES string of the molecule is Cc1cnccc1NC(=O)N1CCCCNc2ccc(-c3cccc(C(F)(F)F)c3)nc21. The zero-order valence-electron chi connectivity index (χ0n) is 17.4. The third kappa shape index (κ3) is 4.66. The summed E-state index contributed by atoms with van der Waals surface area (Å²) in [7, 11) is 0. The van der Waals surface area contributed by atoms with Crippen LogP contribution in [0.3, 0.4) is 0 Å². The van der Waals surface area contributed by atoms with Gasteiger partial charge in [-0.05, 0) is 55.7 Å². The first-order valence-electron chi connectivity index (χ1n) is 10.2. The van der Waals surface area contributed by atoms with Crippen LogP contribution in [0, 0.1) is 6.92 Å². The van der Waals surface area contributed by atoms with Gasteiger partial charge in [0, 0.05) is 36.7 Å². The van der Waals surface area contributed by atoms with E-state index < -0.39 is 11.7 Å². The molecule has 2 aromatic heterocycles. The van der Waals surface area contributed by atoms with Gasteiger partial charge in [0.15, 0.2) is 5.82 Å².